The van der Waals surface area contributed by atoms with Gasteiger partial charge in [0.1, 0.15) is 5.82 Å². The fourth-order valence-electron chi connectivity index (χ4n) is 2.94. The SMILES string of the molecule is CCN1CCCC1CNC(=NC)NCc1cc(C#N)ccc1F. The Morgan fingerprint density at radius 1 is 1.48 bits per heavy atom. The van der Waals surface area contributed by atoms with Gasteiger partial charge in [0.15, 0.2) is 5.96 Å². The smallest absolute Gasteiger partial charge is 0.191 e. The van der Waals surface area contributed by atoms with E-state index in [0.29, 0.717) is 29.7 Å². The number of rotatable bonds is 5. The van der Waals surface area contributed by atoms with E-state index < -0.39 is 0 Å². The third-order valence-electron chi connectivity index (χ3n) is 4.26. The Labute approximate surface area is 137 Å². The van der Waals surface area contributed by atoms with Gasteiger partial charge in [0.2, 0.25) is 0 Å². The second kappa shape index (κ2) is 8.49. The molecule has 2 rings (SSSR count). The third-order valence-corrected chi connectivity index (χ3v) is 4.26. The number of hydrogen-bond acceptors (Lipinski definition) is 3. The van der Waals surface area contributed by atoms with Gasteiger partial charge in [-0.3, -0.25) is 9.89 Å². The number of nitriles is 1. The van der Waals surface area contributed by atoms with Crippen molar-refractivity contribution in [3.8, 4) is 6.07 Å². The highest BCUT2D eigenvalue weighted by Gasteiger charge is 2.22. The van der Waals surface area contributed by atoms with E-state index in [4.69, 9.17) is 5.26 Å². The van der Waals surface area contributed by atoms with Crippen molar-refractivity contribution in [3.63, 3.8) is 0 Å². The van der Waals surface area contributed by atoms with Crippen molar-refractivity contribution in [2.75, 3.05) is 26.7 Å². The molecule has 0 aromatic heterocycles. The molecule has 1 saturated heterocycles. The Hall–Kier alpha value is -2.13. The van der Waals surface area contributed by atoms with Gasteiger partial charge in [-0.2, -0.15) is 5.26 Å². The largest absolute Gasteiger partial charge is 0.355 e. The molecular weight excluding hydrogens is 293 g/mol. The number of likely N-dealkylation sites (N-methyl/N-ethyl adjacent to an activating group) is 1. The molecule has 1 atom stereocenters. The Balaban J connectivity index is 1.87. The molecule has 1 heterocycles. The first-order valence-electron chi connectivity index (χ1n) is 8.05. The molecule has 0 bridgehead atoms. The quantitative estimate of drug-likeness (QED) is 0.642. The van der Waals surface area contributed by atoms with Crippen molar-refractivity contribution in [2.24, 2.45) is 4.99 Å². The van der Waals surface area contributed by atoms with Gasteiger partial charge in [-0.15, -0.1) is 0 Å². The monoisotopic (exact) mass is 317 g/mol. The van der Waals surface area contributed by atoms with Crippen LogP contribution in [-0.2, 0) is 6.54 Å². The molecule has 1 aliphatic rings. The van der Waals surface area contributed by atoms with E-state index in [1.165, 1.54) is 25.0 Å². The van der Waals surface area contributed by atoms with Crippen LogP contribution in [0.15, 0.2) is 23.2 Å². The molecule has 1 unspecified atom stereocenters. The van der Waals surface area contributed by atoms with Gasteiger partial charge in [0.05, 0.1) is 11.6 Å². The average molecular weight is 317 g/mol. The molecule has 1 aliphatic heterocycles. The Morgan fingerprint density at radius 2 is 2.30 bits per heavy atom. The maximum absolute atomic E-state index is 13.8. The van der Waals surface area contributed by atoms with E-state index >= 15 is 0 Å². The summed E-state index contributed by atoms with van der Waals surface area (Å²) in [4.78, 5) is 6.63. The van der Waals surface area contributed by atoms with Gasteiger partial charge >= 0.3 is 0 Å². The van der Waals surface area contributed by atoms with Crippen LogP contribution in [0.4, 0.5) is 4.39 Å². The fraction of sp³-hybridized carbons (Fsp3) is 0.529. The zero-order chi connectivity index (χ0) is 16.7. The lowest BCUT2D eigenvalue weighted by atomic mass is 10.1. The molecule has 0 saturated carbocycles. The number of hydrogen-bond donors (Lipinski definition) is 2. The van der Waals surface area contributed by atoms with Crippen LogP contribution in [0.5, 0.6) is 0 Å². The molecule has 1 aromatic rings. The Bertz CT molecular complexity index is 593. The topological polar surface area (TPSA) is 63.4 Å². The second-order valence-electron chi connectivity index (χ2n) is 5.65. The van der Waals surface area contributed by atoms with Gasteiger partial charge < -0.3 is 10.6 Å². The van der Waals surface area contributed by atoms with Crippen molar-refractivity contribution in [1.29, 1.82) is 5.26 Å². The van der Waals surface area contributed by atoms with Crippen molar-refractivity contribution >= 4 is 5.96 Å². The lowest BCUT2D eigenvalue weighted by molar-refractivity contribution is 0.267. The number of aliphatic imine (C=N–C) groups is 1. The predicted molar refractivity (Wildman–Crippen MR) is 89.6 cm³/mol. The first kappa shape index (κ1) is 17.2. The molecule has 0 radical (unpaired) electrons. The van der Waals surface area contributed by atoms with Crippen LogP contribution in [-0.4, -0.2) is 43.6 Å². The first-order valence-corrected chi connectivity index (χ1v) is 8.05. The molecule has 1 fully saturated rings. The summed E-state index contributed by atoms with van der Waals surface area (Å²) in [6.07, 6.45) is 2.43. The van der Waals surface area contributed by atoms with E-state index in [2.05, 4.69) is 27.4 Å². The summed E-state index contributed by atoms with van der Waals surface area (Å²) in [6.45, 7) is 5.51. The van der Waals surface area contributed by atoms with Gasteiger partial charge in [-0.05, 0) is 44.1 Å². The molecule has 124 valence electrons. The zero-order valence-corrected chi connectivity index (χ0v) is 13.8. The van der Waals surface area contributed by atoms with E-state index in [1.54, 1.807) is 13.1 Å². The van der Waals surface area contributed by atoms with E-state index in [0.717, 1.165) is 19.6 Å². The summed E-state index contributed by atoms with van der Waals surface area (Å²) in [5.74, 6) is 0.328. The maximum Gasteiger partial charge on any atom is 0.191 e. The van der Waals surface area contributed by atoms with Gasteiger partial charge in [0, 0.05) is 31.7 Å². The molecule has 0 aliphatic carbocycles. The standard InChI is InChI=1S/C17H24FN5/c1-3-23-8-4-5-15(23)12-22-17(20-2)21-11-14-9-13(10-19)6-7-16(14)18/h6-7,9,15H,3-5,8,11-12H2,1-2H3,(H2,20,21,22). The van der Waals surface area contributed by atoms with Crippen LogP contribution in [0, 0.1) is 17.1 Å². The zero-order valence-electron chi connectivity index (χ0n) is 13.8. The number of guanidine groups is 1. The van der Waals surface area contributed by atoms with Crippen molar-refractivity contribution in [1.82, 2.24) is 15.5 Å². The lowest BCUT2D eigenvalue weighted by Gasteiger charge is -2.24. The molecule has 0 amide bonds. The summed E-state index contributed by atoms with van der Waals surface area (Å²) >= 11 is 0. The molecular formula is C17H24FN5. The minimum Gasteiger partial charge on any atom is -0.355 e. The minimum absolute atomic E-state index is 0.295. The summed E-state index contributed by atoms with van der Waals surface area (Å²) in [5.41, 5.74) is 0.916. The number of nitrogens with zero attached hydrogens (tertiary/aromatic N) is 3. The Morgan fingerprint density at radius 3 is 3.00 bits per heavy atom. The molecule has 2 N–H and O–H groups in total. The number of likely N-dealkylation sites (tertiary alicyclic amines) is 1. The average Bonchev–Trinajstić information content (AvgIpc) is 3.04. The van der Waals surface area contributed by atoms with Crippen LogP contribution in [0.25, 0.3) is 0 Å². The molecule has 0 spiro atoms. The molecule has 6 heteroatoms. The predicted octanol–water partition coefficient (Wildman–Crippen LogP) is 1.85. The van der Waals surface area contributed by atoms with Gasteiger partial charge in [-0.1, -0.05) is 6.92 Å². The highest BCUT2D eigenvalue weighted by atomic mass is 19.1. The summed E-state index contributed by atoms with van der Waals surface area (Å²) in [5, 5.41) is 15.3. The first-order chi connectivity index (χ1) is 11.2. The van der Waals surface area contributed by atoms with E-state index in [-0.39, 0.29) is 5.82 Å². The summed E-state index contributed by atoms with van der Waals surface area (Å²) in [7, 11) is 1.70. The van der Waals surface area contributed by atoms with Crippen LogP contribution >= 0.6 is 0 Å². The number of halogens is 1. The minimum atomic E-state index is -0.320. The van der Waals surface area contributed by atoms with E-state index in [9.17, 15) is 4.39 Å². The molecule has 23 heavy (non-hydrogen) atoms. The molecule has 5 nitrogen and oxygen atoms in total. The summed E-state index contributed by atoms with van der Waals surface area (Å²) in [6, 6.07) is 6.91. The fourth-order valence-corrected chi connectivity index (χ4v) is 2.94. The number of benzene rings is 1. The van der Waals surface area contributed by atoms with Crippen LogP contribution in [0.2, 0.25) is 0 Å². The highest BCUT2D eigenvalue weighted by Crippen LogP contribution is 2.15. The van der Waals surface area contributed by atoms with Gasteiger partial charge in [-0.25, -0.2) is 4.39 Å². The van der Waals surface area contributed by atoms with Crippen molar-refractivity contribution < 1.29 is 4.39 Å². The Kier molecular flexibility index (Phi) is 6.36. The normalized spacial score (nSPS) is 18.7. The van der Waals surface area contributed by atoms with Crippen LogP contribution in [0.1, 0.15) is 30.9 Å². The lowest BCUT2D eigenvalue weighted by Crippen LogP contribution is -2.44. The maximum atomic E-state index is 13.8. The van der Waals surface area contributed by atoms with Crippen LogP contribution < -0.4 is 10.6 Å². The molecule has 1 aromatic carbocycles. The van der Waals surface area contributed by atoms with Crippen molar-refractivity contribution in [2.45, 2.75) is 32.4 Å². The highest BCUT2D eigenvalue weighted by molar-refractivity contribution is 5.79. The second-order valence-corrected chi connectivity index (χ2v) is 5.65. The van der Waals surface area contributed by atoms with Gasteiger partial charge in [0.25, 0.3) is 0 Å². The summed E-state index contributed by atoms with van der Waals surface area (Å²) < 4.78 is 13.8. The number of nitrogens with one attached hydrogen (secondary N) is 2. The van der Waals surface area contributed by atoms with E-state index in [1.807, 2.05) is 6.07 Å². The van der Waals surface area contributed by atoms with Crippen molar-refractivity contribution in [3.05, 3.63) is 35.1 Å². The third kappa shape index (κ3) is 4.67. The van der Waals surface area contributed by atoms with Crippen LogP contribution in [0.3, 0.4) is 0 Å².